The van der Waals surface area contributed by atoms with Crippen LogP contribution in [0, 0.1) is 11.3 Å². The van der Waals surface area contributed by atoms with Crippen LogP contribution in [0.2, 0.25) is 0 Å². The van der Waals surface area contributed by atoms with Gasteiger partial charge < -0.3 is 10.1 Å². The number of nitrogens with one attached hydrogen (secondary N) is 2. The fourth-order valence-corrected chi connectivity index (χ4v) is 3.81. The molecule has 9 nitrogen and oxygen atoms in total. The fraction of sp³-hybridized carbons (Fsp3) is 0.250. The average Bonchev–Trinajstić information content (AvgIpc) is 2.82. The summed E-state index contributed by atoms with van der Waals surface area (Å²) in [5.41, 5.74) is -1.54. The number of pyridine rings is 1. The number of ether oxygens (including phenoxy) is 1. The number of rotatable bonds is 4. The molecule has 2 aromatic heterocycles. The number of anilines is 1. The topological polar surface area (TPSA) is 130 Å². The predicted molar refractivity (Wildman–Crippen MR) is 120 cm³/mol. The Kier molecular flexibility index (Phi) is 6.09. The second-order valence-corrected chi connectivity index (χ2v) is 8.50. The van der Waals surface area contributed by atoms with Crippen molar-refractivity contribution in [3.05, 3.63) is 70.8 Å². The molecule has 1 aliphatic heterocycles. The van der Waals surface area contributed by atoms with Gasteiger partial charge in [-0.3, -0.25) is 25.1 Å². The SMILES string of the molecule is C[C@H](NC(=O)c1cc(C(F)(F)F)cc2c1NC(=O)OC2(C)C)c1nccnc1-c1ccc(C#N)cn1. The molecule has 184 valence electrons. The van der Waals surface area contributed by atoms with Crippen LogP contribution in [0.25, 0.3) is 11.4 Å². The number of benzene rings is 1. The van der Waals surface area contributed by atoms with Crippen LogP contribution in [0.4, 0.5) is 23.7 Å². The molecule has 0 fully saturated rings. The number of alkyl halides is 3. The van der Waals surface area contributed by atoms with Crippen molar-refractivity contribution in [2.75, 3.05) is 5.32 Å². The van der Waals surface area contributed by atoms with Crippen LogP contribution in [-0.4, -0.2) is 27.0 Å². The van der Waals surface area contributed by atoms with Gasteiger partial charge in [0.1, 0.15) is 17.4 Å². The van der Waals surface area contributed by atoms with Crippen molar-refractivity contribution in [1.82, 2.24) is 20.3 Å². The zero-order valence-corrected chi connectivity index (χ0v) is 19.3. The second kappa shape index (κ2) is 8.92. The predicted octanol–water partition coefficient (Wildman–Crippen LogP) is 4.72. The largest absolute Gasteiger partial charge is 0.438 e. The molecule has 1 aliphatic rings. The van der Waals surface area contributed by atoms with Crippen molar-refractivity contribution >= 4 is 17.7 Å². The Hall–Kier alpha value is -4.53. The average molecular weight is 496 g/mol. The number of cyclic esters (lactones) is 1. The Bertz CT molecular complexity index is 1400. The summed E-state index contributed by atoms with van der Waals surface area (Å²) in [4.78, 5) is 38.1. The van der Waals surface area contributed by atoms with E-state index >= 15 is 0 Å². The number of fused-ring (bicyclic) bond motifs is 1. The van der Waals surface area contributed by atoms with Gasteiger partial charge in [0, 0.05) is 24.2 Å². The molecule has 4 rings (SSSR count). The number of amides is 2. The second-order valence-electron chi connectivity index (χ2n) is 8.50. The van der Waals surface area contributed by atoms with Gasteiger partial charge in [0.15, 0.2) is 0 Å². The first-order chi connectivity index (χ1) is 16.9. The summed E-state index contributed by atoms with van der Waals surface area (Å²) in [6.45, 7) is 4.46. The molecule has 1 atom stereocenters. The summed E-state index contributed by atoms with van der Waals surface area (Å²) in [6, 6.07) is 5.80. The highest BCUT2D eigenvalue weighted by Gasteiger charge is 2.40. The quantitative estimate of drug-likeness (QED) is 0.535. The van der Waals surface area contributed by atoms with Crippen LogP contribution in [0.3, 0.4) is 0 Å². The lowest BCUT2D eigenvalue weighted by Gasteiger charge is -2.34. The van der Waals surface area contributed by atoms with Gasteiger partial charge >= 0.3 is 12.3 Å². The maximum Gasteiger partial charge on any atom is 0.416 e. The van der Waals surface area contributed by atoms with Crippen molar-refractivity contribution in [1.29, 1.82) is 5.26 Å². The van der Waals surface area contributed by atoms with Crippen molar-refractivity contribution in [3.8, 4) is 17.5 Å². The molecule has 0 saturated heterocycles. The summed E-state index contributed by atoms with van der Waals surface area (Å²) in [7, 11) is 0. The van der Waals surface area contributed by atoms with E-state index in [1.807, 2.05) is 6.07 Å². The van der Waals surface area contributed by atoms with E-state index in [0.717, 1.165) is 6.07 Å². The van der Waals surface area contributed by atoms with E-state index in [4.69, 9.17) is 10.00 Å². The van der Waals surface area contributed by atoms with Gasteiger partial charge in [-0.2, -0.15) is 18.4 Å². The Morgan fingerprint density at radius 3 is 2.56 bits per heavy atom. The summed E-state index contributed by atoms with van der Waals surface area (Å²) < 4.78 is 46.1. The number of hydrogen-bond donors (Lipinski definition) is 2. The molecular formula is C24H19F3N6O3. The molecule has 3 aromatic rings. The molecule has 3 heterocycles. The van der Waals surface area contributed by atoms with Crippen LogP contribution in [0.15, 0.2) is 42.9 Å². The Morgan fingerprint density at radius 1 is 1.19 bits per heavy atom. The van der Waals surface area contributed by atoms with Crippen LogP contribution in [0.1, 0.15) is 59.6 Å². The lowest BCUT2D eigenvalue weighted by molar-refractivity contribution is -0.137. The first-order valence-corrected chi connectivity index (χ1v) is 10.6. The van der Waals surface area contributed by atoms with Crippen molar-refractivity contribution in [3.63, 3.8) is 0 Å². The lowest BCUT2D eigenvalue weighted by Crippen LogP contribution is -2.37. The lowest BCUT2D eigenvalue weighted by atomic mass is 9.89. The third kappa shape index (κ3) is 4.68. The molecule has 0 bridgehead atoms. The minimum Gasteiger partial charge on any atom is -0.438 e. The highest BCUT2D eigenvalue weighted by molar-refractivity contribution is 6.05. The van der Waals surface area contributed by atoms with E-state index in [-0.39, 0.29) is 16.8 Å². The Morgan fingerprint density at radius 2 is 1.92 bits per heavy atom. The molecule has 0 radical (unpaired) electrons. The van der Waals surface area contributed by atoms with E-state index < -0.39 is 35.4 Å². The third-order valence-corrected chi connectivity index (χ3v) is 5.55. The number of aromatic nitrogens is 3. The molecule has 2 amide bonds. The molecule has 12 heteroatoms. The zero-order chi connectivity index (χ0) is 26.3. The minimum atomic E-state index is -4.74. The zero-order valence-electron chi connectivity index (χ0n) is 19.3. The molecule has 1 aromatic carbocycles. The Balaban J connectivity index is 1.73. The maximum atomic E-state index is 13.6. The standard InChI is InChI=1S/C24H19F3N6O3/c1-12(18-20(30-7-6-29-18)17-5-4-13(10-28)11-31-17)32-21(34)15-8-14(24(25,26)27)9-16-19(15)33-22(35)36-23(16,2)3/h4-9,11-12H,1-3H3,(H,32,34)(H,33,35)/t12-/m0/s1. The highest BCUT2D eigenvalue weighted by atomic mass is 19.4. The van der Waals surface area contributed by atoms with E-state index in [1.54, 1.807) is 19.1 Å². The summed E-state index contributed by atoms with van der Waals surface area (Å²) in [5, 5.41) is 14.0. The smallest absolute Gasteiger partial charge is 0.416 e. The van der Waals surface area contributed by atoms with E-state index in [2.05, 4.69) is 25.6 Å². The maximum absolute atomic E-state index is 13.6. The van der Waals surface area contributed by atoms with E-state index in [0.29, 0.717) is 28.7 Å². The number of halogens is 3. The molecular weight excluding hydrogens is 477 g/mol. The third-order valence-electron chi connectivity index (χ3n) is 5.55. The van der Waals surface area contributed by atoms with E-state index in [1.165, 1.54) is 32.4 Å². The van der Waals surface area contributed by atoms with Gasteiger partial charge in [-0.05, 0) is 45.0 Å². The molecule has 0 saturated carbocycles. The number of nitrogens with zero attached hydrogens (tertiary/aromatic N) is 4. The van der Waals surface area contributed by atoms with Crippen molar-refractivity contribution < 1.29 is 27.5 Å². The first kappa shape index (κ1) is 24.6. The highest BCUT2D eigenvalue weighted by Crippen LogP contribution is 2.42. The molecule has 0 aliphatic carbocycles. The van der Waals surface area contributed by atoms with E-state index in [9.17, 15) is 22.8 Å². The van der Waals surface area contributed by atoms with Gasteiger partial charge in [0.05, 0.1) is 39.8 Å². The molecule has 36 heavy (non-hydrogen) atoms. The summed E-state index contributed by atoms with van der Waals surface area (Å²) >= 11 is 0. The van der Waals surface area contributed by atoms with Gasteiger partial charge in [-0.15, -0.1) is 0 Å². The van der Waals surface area contributed by atoms with Crippen molar-refractivity contribution in [2.24, 2.45) is 0 Å². The Labute approximate surface area is 203 Å². The van der Waals surface area contributed by atoms with Crippen LogP contribution >= 0.6 is 0 Å². The normalized spacial score (nSPS) is 15.1. The number of carbonyl (C=O) groups is 2. The van der Waals surface area contributed by atoms with Crippen LogP contribution in [0.5, 0.6) is 0 Å². The number of nitriles is 1. The number of carbonyl (C=O) groups excluding carboxylic acids is 2. The van der Waals surface area contributed by atoms with Crippen LogP contribution in [-0.2, 0) is 16.5 Å². The molecule has 0 spiro atoms. The number of hydrogen-bond acceptors (Lipinski definition) is 7. The first-order valence-electron chi connectivity index (χ1n) is 10.6. The van der Waals surface area contributed by atoms with Gasteiger partial charge in [-0.25, -0.2) is 4.79 Å². The van der Waals surface area contributed by atoms with Gasteiger partial charge in [0.25, 0.3) is 5.91 Å². The fourth-order valence-electron chi connectivity index (χ4n) is 3.81. The van der Waals surface area contributed by atoms with Crippen molar-refractivity contribution in [2.45, 2.75) is 38.6 Å². The summed E-state index contributed by atoms with van der Waals surface area (Å²) in [5.74, 6) is -0.868. The minimum absolute atomic E-state index is 0.0108. The monoisotopic (exact) mass is 496 g/mol. The van der Waals surface area contributed by atoms with Gasteiger partial charge in [0.2, 0.25) is 0 Å². The van der Waals surface area contributed by atoms with Crippen LogP contribution < -0.4 is 10.6 Å². The van der Waals surface area contributed by atoms with Gasteiger partial charge in [-0.1, -0.05) is 0 Å². The molecule has 2 N–H and O–H groups in total. The summed E-state index contributed by atoms with van der Waals surface area (Å²) in [6.07, 6.45) is -1.45. The molecule has 0 unspecified atom stereocenters.